The first-order chi connectivity index (χ1) is 14.8. The first-order valence-electron chi connectivity index (χ1n) is 9.52. The lowest BCUT2D eigenvalue weighted by molar-refractivity contribution is -0.121. The van der Waals surface area contributed by atoms with Crippen LogP contribution in [0.1, 0.15) is 29.8 Å². The number of nitrogens with zero attached hydrogens (tertiary/aromatic N) is 2. The average Bonchev–Trinajstić information content (AvgIpc) is 3.00. The summed E-state index contributed by atoms with van der Waals surface area (Å²) in [5.41, 5.74) is 1.66. The Balaban J connectivity index is 1.84. The molecular weight excluding hydrogens is 440 g/mol. The summed E-state index contributed by atoms with van der Waals surface area (Å²) in [6, 6.07) is 9.81. The third kappa shape index (κ3) is 5.21. The van der Waals surface area contributed by atoms with Crippen molar-refractivity contribution in [3.8, 4) is 11.5 Å². The molecule has 2 aromatic rings. The van der Waals surface area contributed by atoms with Crippen LogP contribution in [-0.4, -0.2) is 47.3 Å². The molecule has 1 aliphatic rings. The van der Waals surface area contributed by atoms with Crippen molar-refractivity contribution < 1.29 is 24.2 Å². The van der Waals surface area contributed by atoms with E-state index in [0.29, 0.717) is 40.1 Å². The molecule has 1 fully saturated rings. The minimum Gasteiger partial charge on any atom is -0.503 e. The van der Waals surface area contributed by atoms with Gasteiger partial charge in [0.2, 0.25) is 0 Å². The highest BCUT2D eigenvalue weighted by Gasteiger charge is 2.30. The monoisotopic (exact) mass is 460 g/mol. The van der Waals surface area contributed by atoms with Crippen LogP contribution < -0.4 is 4.74 Å². The van der Waals surface area contributed by atoms with Crippen molar-refractivity contribution in [2.24, 2.45) is 4.99 Å². The normalized spacial score (nSPS) is 16.3. The second kappa shape index (κ2) is 9.89. The summed E-state index contributed by atoms with van der Waals surface area (Å²) in [6.07, 6.45) is 1.67. The van der Waals surface area contributed by atoms with Crippen LogP contribution >= 0.6 is 23.4 Å². The van der Waals surface area contributed by atoms with E-state index in [-0.39, 0.29) is 22.4 Å². The summed E-state index contributed by atoms with van der Waals surface area (Å²) < 4.78 is 10.4. The van der Waals surface area contributed by atoms with E-state index >= 15 is 0 Å². The third-order valence-electron chi connectivity index (χ3n) is 4.26. The maximum atomic E-state index is 12.7. The Morgan fingerprint density at radius 2 is 1.94 bits per heavy atom. The number of ether oxygens (including phenoxy) is 2. The fourth-order valence-electron chi connectivity index (χ4n) is 2.74. The first kappa shape index (κ1) is 22.7. The van der Waals surface area contributed by atoms with Gasteiger partial charge in [0.05, 0.1) is 34.4 Å². The first-order valence-corrected chi connectivity index (χ1v) is 10.7. The van der Waals surface area contributed by atoms with Gasteiger partial charge in [-0.3, -0.25) is 9.69 Å². The molecule has 0 atom stereocenters. The van der Waals surface area contributed by atoms with Crippen molar-refractivity contribution in [2.45, 2.75) is 13.8 Å². The molecule has 1 amide bonds. The summed E-state index contributed by atoms with van der Waals surface area (Å²) >= 11 is 7.29. The van der Waals surface area contributed by atoms with Crippen molar-refractivity contribution in [1.82, 2.24) is 4.90 Å². The molecule has 0 unspecified atom stereocenters. The zero-order chi connectivity index (χ0) is 22.5. The molecule has 0 radical (unpaired) electrons. The van der Waals surface area contributed by atoms with Crippen LogP contribution in [0, 0.1) is 0 Å². The number of hydrogen-bond acceptors (Lipinski definition) is 7. The quantitative estimate of drug-likeness (QED) is 0.489. The van der Waals surface area contributed by atoms with Gasteiger partial charge in [0.1, 0.15) is 0 Å². The number of hydrogen-bond donors (Lipinski definition) is 1. The number of aromatic hydroxyl groups is 1. The lowest BCUT2D eigenvalue weighted by atomic mass is 10.2. The van der Waals surface area contributed by atoms with Crippen molar-refractivity contribution >= 4 is 52.2 Å². The van der Waals surface area contributed by atoms with Gasteiger partial charge in [0.15, 0.2) is 16.7 Å². The van der Waals surface area contributed by atoms with Crippen molar-refractivity contribution in [2.75, 3.05) is 20.3 Å². The molecule has 3 rings (SSSR count). The van der Waals surface area contributed by atoms with E-state index in [1.165, 1.54) is 16.7 Å². The highest BCUT2D eigenvalue weighted by atomic mass is 35.5. The highest BCUT2D eigenvalue weighted by molar-refractivity contribution is 8.18. The standard InChI is InChI=1S/C22H21ClN2O5S/c1-4-29-17-11-13(10-16(23)19(17)26)12-18-20(27)25(3)22(31-18)24-15-8-6-14(7-9-15)21(28)30-5-2/h6-12,26H,4-5H2,1-3H3/b18-12+,24-22?. The number of benzene rings is 2. The molecule has 0 spiro atoms. The van der Waals surface area contributed by atoms with Crippen LogP contribution in [0.3, 0.4) is 0 Å². The number of carbonyl (C=O) groups excluding carboxylic acids is 2. The second-order valence-corrected chi connectivity index (χ2v) is 7.84. The number of aliphatic imine (C=N–C) groups is 1. The van der Waals surface area contributed by atoms with E-state index in [1.807, 2.05) is 0 Å². The molecule has 7 nitrogen and oxygen atoms in total. The molecule has 31 heavy (non-hydrogen) atoms. The van der Waals surface area contributed by atoms with Gasteiger partial charge in [-0.1, -0.05) is 11.6 Å². The molecule has 9 heteroatoms. The number of rotatable bonds is 6. The lowest BCUT2D eigenvalue weighted by Gasteiger charge is -2.08. The van der Waals surface area contributed by atoms with E-state index < -0.39 is 5.97 Å². The lowest BCUT2D eigenvalue weighted by Crippen LogP contribution is -2.23. The maximum Gasteiger partial charge on any atom is 0.338 e. The van der Waals surface area contributed by atoms with Gasteiger partial charge in [-0.05, 0) is 73.6 Å². The highest BCUT2D eigenvalue weighted by Crippen LogP contribution is 2.38. The van der Waals surface area contributed by atoms with Gasteiger partial charge < -0.3 is 14.6 Å². The van der Waals surface area contributed by atoms with E-state index in [9.17, 15) is 14.7 Å². The summed E-state index contributed by atoms with van der Waals surface area (Å²) in [5.74, 6) is -0.495. The SMILES string of the molecule is CCOC(=O)c1ccc(N=C2S/C(=C/c3cc(Cl)c(O)c(OCC)c3)C(=O)N2C)cc1. The molecule has 2 aromatic carbocycles. The molecule has 1 saturated heterocycles. The van der Waals surface area contributed by atoms with Crippen LogP contribution in [-0.2, 0) is 9.53 Å². The van der Waals surface area contributed by atoms with Crippen molar-refractivity contribution in [3.05, 3.63) is 57.5 Å². The Bertz CT molecular complexity index is 1070. The molecule has 1 aliphatic heterocycles. The van der Waals surface area contributed by atoms with Gasteiger partial charge in [-0.15, -0.1) is 0 Å². The fraction of sp³-hybridized carbons (Fsp3) is 0.227. The molecule has 1 N–H and O–H groups in total. The van der Waals surface area contributed by atoms with Crippen LogP contribution in [0.4, 0.5) is 5.69 Å². The van der Waals surface area contributed by atoms with E-state index in [1.54, 1.807) is 63.4 Å². The fourth-order valence-corrected chi connectivity index (χ4v) is 3.95. The van der Waals surface area contributed by atoms with Gasteiger partial charge >= 0.3 is 5.97 Å². The zero-order valence-electron chi connectivity index (χ0n) is 17.2. The number of thioether (sulfide) groups is 1. The van der Waals surface area contributed by atoms with Crippen LogP contribution in [0.2, 0.25) is 5.02 Å². The van der Waals surface area contributed by atoms with E-state index in [2.05, 4.69) is 4.99 Å². The van der Waals surface area contributed by atoms with Gasteiger partial charge in [-0.25, -0.2) is 9.79 Å². The number of phenolic OH excluding ortho intramolecular Hbond substituents is 1. The predicted molar refractivity (Wildman–Crippen MR) is 122 cm³/mol. The number of likely N-dealkylation sites (N-methyl/N-ethyl adjacent to an activating group) is 1. The van der Waals surface area contributed by atoms with Crippen LogP contribution in [0.25, 0.3) is 6.08 Å². The molecule has 1 heterocycles. The third-order valence-corrected chi connectivity index (χ3v) is 5.60. The summed E-state index contributed by atoms with van der Waals surface area (Å²) in [4.78, 5) is 30.8. The summed E-state index contributed by atoms with van der Waals surface area (Å²) in [6.45, 7) is 4.22. The smallest absolute Gasteiger partial charge is 0.338 e. The second-order valence-electron chi connectivity index (χ2n) is 6.42. The van der Waals surface area contributed by atoms with Crippen LogP contribution in [0.5, 0.6) is 11.5 Å². The van der Waals surface area contributed by atoms with Gasteiger partial charge in [0.25, 0.3) is 5.91 Å². The Kier molecular flexibility index (Phi) is 7.25. The molecular formula is C22H21ClN2O5S. The number of phenols is 1. The number of carbonyl (C=O) groups is 2. The minimum absolute atomic E-state index is 0.136. The summed E-state index contributed by atoms with van der Waals surface area (Å²) in [7, 11) is 1.64. The number of halogens is 1. The Morgan fingerprint density at radius 3 is 2.58 bits per heavy atom. The Labute approximate surface area is 189 Å². The van der Waals surface area contributed by atoms with E-state index in [4.69, 9.17) is 21.1 Å². The Morgan fingerprint density at radius 1 is 1.23 bits per heavy atom. The number of amides is 1. The average molecular weight is 461 g/mol. The predicted octanol–water partition coefficient (Wildman–Crippen LogP) is 4.85. The maximum absolute atomic E-state index is 12.7. The topological polar surface area (TPSA) is 88.4 Å². The molecule has 0 aromatic heterocycles. The van der Waals surface area contributed by atoms with Gasteiger partial charge in [-0.2, -0.15) is 0 Å². The summed E-state index contributed by atoms with van der Waals surface area (Å²) in [5, 5.41) is 10.6. The molecule has 0 saturated carbocycles. The van der Waals surface area contributed by atoms with Gasteiger partial charge in [0, 0.05) is 7.05 Å². The molecule has 0 aliphatic carbocycles. The largest absolute Gasteiger partial charge is 0.503 e. The number of esters is 1. The van der Waals surface area contributed by atoms with E-state index in [0.717, 1.165) is 0 Å². The minimum atomic E-state index is -0.395. The Hall–Kier alpha value is -2.97. The molecule has 0 bridgehead atoms. The van der Waals surface area contributed by atoms with Crippen LogP contribution in [0.15, 0.2) is 46.3 Å². The number of amidine groups is 1. The zero-order valence-corrected chi connectivity index (χ0v) is 18.8. The van der Waals surface area contributed by atoms with Crippen molar-refractivity contribution in [1.29, 1.82) is 0 Å². The molecule has 162 valence electrons. The van der Waals surface area contributed by atoms with Crippen molar-refractivity contribution in [3.63, 3.8) is 0 Å².